The molecule has 3 rings (SSSR count). The molecule has 0 aliphatic carbocycles. The van der Waals surface area contributed by atoms with E-state index in [1.165, 1.54) is 28.4 Å². The number of thioether (sulfide) groups is 2. The molecule has 2 aromatic rings. The van der Waals surface area contributed by atoms with Crippen molar-refractivity contribution in [3.05, 3.63) is 48.5 Å². The number of carbonyl (C=O) groups excluding carboxylic acids is 3. The molecule has 0 radical (unpaired) electrons. The minimum Gasteiger partial charge on any atom is -0.336 e. The highest BCUT2D eigenvalue weighted by Gasteiger charge is 2.30. The highest BCUT2D eigenvalue weighted by molar-refractivity contribution is 8.01. The molecular weight excluding hydrogens is 394 g/mol. The quantitative estimate of drug-likeness (QED) is 0.708. The molecule has 146 valence electrons. The number of hydrogen-bond acceptors (Lipinski definition) is 5. The normalized spacial score (nSPS) is 15.4. The highest BCUT2D eigenvalue weighted by atomic mass is 32.2. The van der Waals surface area contributed by atoms with E-state index in [4.69, 9.17) is 0 Å². The molecule has 2 N–H and O–H groups in total. The molecule has 0 aromatic heterocycles. The second-order valence-corrected chi connectivity index (χ2v) is 8.39. The summed E-state index contributed by atoms with van der Waals surface area (Å²) in [4.78, 5) is 40.4. The lowest BCUT2D eigenvalue weighted by Crippen LogP contribution is -2.39. The maximum Gasteiger partial charge on any atom is 0.244 e. The number of nitrogens with one attached hydrogen (secondary N) is 2. The summed E-state index contributed by atoms with van der Waals surface area (Å²) in [5.74, 6) is -0.715. The van der Waals surface area contributed by atoms with Crippen molar-refractivity contribution in [2.45, 2.75) is 21.5 Å². The second-order valence-electron chi connectivity index (χ2n) is 6.29. The zero-order chi connectivity index (χ0) is 20.1. The van der Waals surface area contributed by atoms with Crippen LogP contribution in [-0.4, -0.2) is 47.7 Å². The molecule has 3 amide bonds. The van der Waals surface area contributed by atoms with E-state index >= 15 is 0 Å². The van der Waals surface area contributed by atoms with E-state index < -0.39 is 5.25 Å². The molecule has 0 unspecified atom stereocenters. The number of benzene rings is 2. The Hall–Kier alpha value is -2.45. The molecule has 0 fully saturated rings. The first-order valence-electron chi connectivity index (χ1n) is 8.71. The Morgan fingerprint density at radius 1 is 1.18 bits per heavy atom. The molecule has 1 heterocycles. The standard InChI is InChI=1S/C20H21N3O3S2/c1-23(12-18(24)21-13-7-3-5-9-15(13)27-2)19(25)11-17-20(26)22-14-8-4-6-10-16(14)28-17/h3-10,17H,11-12H2,1-2H3,(H,21,24)(H,22,26)/t17-/m0/s1. The Kier molecular flexibility index (Phi) is 6.64. The van der Waals surface area contributed by atoms with Gasteiger partial charge in [0.1, 0.15) is 0 Å². The fraction of sp³-hybridized carbons (Fsp3) is 0.250. The molecule has 1 aliphatic rings. The van der Waals surface area contributed by atoms with Crippen molar-refractivity contribution in [3.63, 3.8) is 0 Å². The number of amides is 3. The van der Waals surface area contributed by atoms with E-state index in [-0.39, 0.29) is 30.7 Å². The average molecular weight is 416 g/mol. The minimum atomic E-state index is -0.509. The highest BCUT2D eigenvalue weighted by Crippen LogP contribution is 2.36. The van der Waals surface area contributed by atoms with Crippen LogP contribution in [0.2, 0.25) is 0 Å². The zero-order valence-corrected chi connectivity index (χ0v) is 17.2. The maximum atomic E-state index is 12.5. The summed E-state index contributed by atoms with van der Waals surface area (Å²) in [5.41, 5.74) is 1.49. The monoisotopic (exact) mass is 415 g/mol. The van der Waals surface area contributed by atoms with Gasteiger partial charge in [0.15, 0.2) is 0 Å². The van der Waals surface area contributed by atoms with Gasteiger partial charge in [-0.2, -0.15) is 0 Å². The summed E-state index contributed by atoms with van der Waals surface area (Å²) in [7, 11) is 1.57. The lowest BCUT2D eigenvalue weighted by molar-refractivity contribution is -0.134. The van der Waals surface area contributed by atoms with Crippen LogP contribution < -0.4 is 10.6 Å². The van der Waals surface area contributed by atoms with Crippen LogP contribution in [0.4, 0.5) is 11.4 Å². The number of para-hydroxylation sites is 2. The fourth-order valence-corrected chi connectivity index (χ4v) is 4.44. The van der Waals surface area contributed by atoms with Crippen molar-refractivity contribution in [2.75, 3.05) is 30.5 Å². The molecule has 0 spiro atoms. The van der Waals surface area contributed by atoms with Crippen molar-refractivity contribution in [3.8, 4) is 0 Å². The predicted molar refractivity (Wildman–Crippen MR) is 114 cm³/mol. The number of hydrogen-bond donors (Lipinski definition) is 2. The summed E-state index contributed by atoms with van der Waals surface area (Å²) >= 11 is 2.91. The van der Waals surface area contributed by atoms with Crippen LogP contribution in [0.25, 0.3) is 0 Å². The molecule has 28 heavy (non-hydrogen) atoms. The van der Waals surface area contributed by atoms with Gasteiger partial charge in [-0.25, -0.2) is 0 Å². The molecule has 1 atom stereocenters. The van der Waals surface area contributed by atoms with Gasteiger partial charge in [0, 0.05) is 23.3 Å². The van der Waals surface area contributed by atoms with Crippen LogP contribution in [0.3, 0.4) is 0 Å². The zero-order valence-electron chi connectivity index (χ0n) is 15.6. The van der Waals surface area contributed by atoms with Crippen LogP contribution in [0, 0.1) is 0 Å². The van der Waals surface area contributed by atoms with Crippen LogP contribution in [-0.2, 0) is 14.4 Å². The van der Waals surface area contributed by atoms with Gasteiger partial charge < -0.3 is 15.5 Å². The number of rotatable bonds is 6. The van der Waals surface area contributed by atoms with Crippen molar-refractivity contribution < 1.29 is 14.4 Å². The summed E-state index contributed by atoms with van der Waals surface area (Å²) in [6.45, 7) is -0.0723. The van der Waals surface area contributed by atoms with Crippen LogP contribution in [0.1, 0.15) is 6.42 Å². The number of fused-ring (bicyclic) bond motifs is 1. The van der Waals surface area contributed by atoms with E-state index in [9.17, 15) is 14.4 Å². The van der Waals surface area contributed by atoms with Crippen molar-refractivity contribution >= 4 is 52.6 Å². The van der Waals surface area contributed by atoms with E-state index in [1.54, 1.807) is 7.05 Å². The molecule has 2 aromatic carbocycles. The predicted octanol–water partition coefficient (Wildman–Crippen LogP) is 3.31. The summed E-state index contributed by atoms with van der Waals surface area (Å²) in [5, 5.41) is 5.15. The first-order chi connectivity index (χ1) is 13.5. The topological polar surface area (TPSA) is 78.5 Å². The average Bonchev–Trinajstić information content (AvgIpc) is 2.68. The van der Waals surface area contributed by atoms with Crippen LogP contribution in [0.5, 0.6) is 0 Å². The van der Waals surface area contributed by atoms with Gasteiger partial charge in [0.25, 0.3) is 0 Å². The van der Waals surface area contributed by atoms with Crippen LogP contribution >= 0.6 is 23.5 Å². The smallest absolute Gasteiger partial charge is 0.244 e. The SMILES string of the molecule is CSc1ccccc1NC(=O)CN(C)C(=O)C[C@@H]1Sc2ccccc2NC1=O. The van der Waals surface area contributed by atoms with Gasteiger partial charge in [-0.15, -0.1) is 23.5 Å². The molecular formula is C20H21N3O3S2. The Morgan fingerprint density at radius 2 is 1.89 bits per heavy atom. The number of likely N-dealkylation sites (N-methyl/N-ethyl adjacent to an activating group) is 1. The van der Waals surface area contributed by atoms with Gasteiger partial charge in [0.05, 0.1) is 23.2 Å². The van der Waals surface area contributed by atoms with Crippen LogP contribution in [0.15, 0.2) is 58.3 Å². The van der Waals surface area contributed by atoms with E-state index in [0.29, 0.717) is 0 Å². The number of anilines is 2. The van der Waals surface area contributed by atoms with Gasteiger partial charge in [-0.1, -0.05) is 24.3 Å². The van der Waals surface area contributed by atoms with Gasteiger partial charge in [-0.05, 0) is 30.5 Å². The molecule has 0 bridgehead atoms. The van der Waals surface area contributed by atoms with E-state index in [1.807, 2.05) is 54.8 Å². The van der Waals surface area contributed by atoms with E-state index in [0.717, 1.165) is 21.2 Å². The third kappa shape index (κ3) is 4.88. The summed E-state index contributed by atoms with van der Waals surface area (Å²) in [6.07, 6.45) is 1.97. The van der Waals surface area contributed by atoms with Crippen molar-refractivity contribution in [2.24, 2.45) is 0 Å². The lowest BCUT2D eigenvalue weighted by Gasteiger charge is -2.25. The Morgan fingerprint density at radius 3 is 2.68 bits per heavy atom. The number of carbonyl (C=O) groups is 3. The third-order valence-electron chi connectivity index (χ3n) is 4.25. The minimum absolute atomic E-state index is 0.0377. The lowest BCUT2D eigenvalue weighted by atomic mass is 10.2. The summed E-state index contributed by atoms with van der Waals surface area (Å²) < 4.78 is 0. The Bertz CT molecular complexity index is 904. The first kappa shape index (κ1) is 20.3. The van der Waals surface area contributed by atoms with Gasteiger partial charge in [-0.3, -0.25) is 14.4 Å². The van der Waals surface area contributed by atoms with Gasteiger partial charge in [0.2, 0.25) is 17.7 Å². The first-order valence-corrected chi connectivity index (χ1v) is 10.8. The Balaban J connectivity index is 1.56. The molecule has 1 aliphatic heterocycles. The third-order valence-corrected chi connectivity index (χ3v) is 6.33. The maximum absolute atomic E-state index is 12.5. The fourth-order valence-electron chi connectivity index (χ4n) is 2.78. The molecule has 8 heteroatoms. The van der Waals surface area contributed by atoms with Gasteiger partial charge >= 0.3 is 0 Å². The molecule has 0 saturated carbocycles. The molecule has 0 saturated heterocycles. The van der Waals surface area contributed by atoms with E-state index in [2.05, 4.69) is 10.6 Å². The summed E-state index contributed by atoms with van der Waals surface area (Å²) in [6, 6.07) is 15.0. The van der Waals surface area contributed by atoms with Crippen molar-refractivity contribution in [1.82, 2.24) is 4.90 Å². The number of nitrogens with zero attached hydrogens (tertiary/aromatic N) is 1. The largest absolute Gasteiger partial charge is 0.336 e. The second kappa shape index (κ2) is 9.16. The molecule has 6 nitrogen and oxygen atoms in total. The van der Waals surface area contributed by atoms with Crippen molar-refractivity contribution in [1.29, 1.82) is 0 Å². The Labute approximate surface area is 172 Å².